The van der Waals surface area contributed by atoms with E-state index < -0.39 is 0 Å². The molecule has 1 aromatic carbocycles. The number of aryl methyl sites for hydroxylation is 1. The smallest absolute Gasteiger partial charge is 0.119 e. The molecule has 0 bridgehead atoms. The number of rotatable bonds is 2. The van der Waals surface area contributed by atoms with Crippen molar-refractivity contribution in [3.8, 4) is 5.75 Å². The summed E-state index contributed by atoms with van der Waals surface area (Å²) in [6.45, 7) is 4.46. The predicted octanol–water partition coefficient (Wildman–Crippen LogP) is 4.34. The van der Waals surface area contributed by atoms with Gasteiger partial charge in [-0.15, -0.1) is 0 Å². The van der Waals surface area contributed by atoms with Crippen LogP contribution in [0.3, 0.4) is 0 Å². The number of hydrogen-bond donors (Lipinski definition) is 0. The zero-order valence-electron chi connectivity index (χ0n) is 10.4. The molecule has 2 atom stereocenters. The van der Waals surface area contributed by atoms with Crippen molar-refractivity contribution in [2.45, 2.75) is 52.1 Å². The average molecular weight is 218 g/mol. The lowest BCUT2D eigenvalue weighted by Gasteiger charge is -2.17. The van der Waals surface area contributed by atoms with E-state index in [1.54, 1.807) is 0 Å². The monoisotopic (exact) mass is 218 g/mol. The van der Waals surface area contributed by atoms with Gasteiger partial charge in [-0.25, -0.2) is 0 Å². The van der Waals surface area contributed by atoms with Crippen molar-refractivity contribution in [2.24, 2.45) is 5.92 Å². The second-order valence-electron chi connectivity index (χ2n) is 5.17. The molecule has 1 heteroatoms. The molecule has 0 amide bonds. The van der Waals surface area contributed by atoms with E-state index in [2.05, 4.69) is 38.1 Å². The van der Waals surface area contributed by atoms with Gasteiger partial charge in [-0.3, -0.25) is 0 Å². The van der Waals surface area contributed by atoms with Crippen molar-refractivity contribution < 1.29 is 4.74 Å². The molecule has 1 fully saturated rings. The summed E-state index contributed by atoms with van der Waals surface area (Å²) in [6, 6.07) is 8.41. The third kappa shape index (κ3) is 3.26. The summed E-state index contributed by atoms with van der Waals surface area (Å²) >= 11 is 0. The second kappa shape index (κ2) is 5.38. The molecule has 2 rings (SSSR count). The summed E-state index contributed by atoms with van der Waals surface area (Å²) < 4.78 is 6.04. The van der Waals surface area contributed by atoms with Crippen molar-refractivity contribution in [3.05, 3.63) is 29.8 Å². The Morgan fingerprint density at radius 1 is 1.00 bits per heavy atom. The maximum Gasteiger partial charge on any atom is 0.119 e. The first-order valence-electron chi connectivity index (χ1n) is 6.47. The average Bonchev–Trinajstić information content (AvgIpc) is 2.47. The Morgan fingerprint density at radius 2 is 1.75 bits per heavy atom. The van der Waals surface area contributed by atoms with E-state index in [0.29, 0.717) is 6.10 Å². The number of ether oxygens (including phenoxy) is 1. The minimum atomic E-state index is 0.438. The fraction of sp³-hybridized carbons (Fsp3) is 0.600. The molecule has 1 nitrogen and oxygen atoms in total. The molecule has 0 saturated heterocycles. The maximum absolute atomic E-state index is 6.04. The minimum Gasteiger partial charge on any atom is -0.490 e. The number of hydrogen-bond acceptors (Lipinski definition) is 1. The van der Waals surface area contributed by atoms with Crippen LogP contribution in [0.4, 0.5) is 0 Å². The summed E-state index contributed by atoms with van der Waals surface area (Å²) in [6.07, 6.45) is 6.88. The molecular formula is C15H22O. The lowest BCUT2D eigenvalue weighted by Crippen LogP contribution is -2.15. The Morgan fingerprint density at radius 3 is 2.50 bits per heavy atom. The summed E-state index contributed by atoms with van der Waals surface area (Å²) in [5.74, 6) is 1.91. The molecule has 88 valence electrons. The van der Waals surface area contributed by atoms with E-state index in [0.717, 1.165) is 11.7 Å². The van der Waals surface area contributed by atoms with Crippen LogP contribution in [0.15, 0.2) is 24.3 Å². The predicted molar refractivity (Wildman–Crippen MR) is 67.8 cm³/mol. The van der Waals surface area contributed by atoms with Gasteiger partial charge in [0, 0.05) is 0 Å². The molecule has 1 saturated carbocycles. The first-order valence-corrected chi connectivity index (χ1v) is 6.47. The first kappa shape index (κ1) is 11.5. The quantitative estimate of drug-likeness (QED) is 0.671. The van der Waals surface area contributed by atoms with Gasteiger partial charge in [-0.1, -0.05) is 31.0 Å². The van der Waals surface area contributed by atoms with E-state index in [-0.39, 0.29) is 0 Å². The van der Waals surface area contributed by atoms with Gasteiger partial charge in [0.25, 0.3) is 0 Å². The van der Waals surface area contributed by atoms with Crippen molar-refractivity contribution in [2.75, 3.05) is 0 Å². The molecule has 0 aromatic heterocycles. The van der Waals surface area contributed by atoms with Gasteiger partial charge >= 0.3 is 0 Å². The van der Waals surface area contributed by atoms with Gasteiger partial charge < -0.3 is 4.74 Å². The SMILES string of the molecule is Cc1ccc(OC2CCCC(C)CC2)cc1. The van der Waals surface area contributed by atoms with Crippen LogP contribution in [-0.2, 0) is 0 Å². The Hall–Kier alpha value is -0.980. The van der Waals surface area contributed by atoms with Crippen molar-refractivity contribution >= 4 is 0 Å². The number of benzene rings is 1. The van der Waals surface area contributed by atoms with Gasteiger partial charge in [0.05, 0.1) is 6.10 Å². The molecule has 0 heterocycles. The van der Waals surface area contributed by atoms with Crippen LogP contribution in [0, 0.1) is 12.8 Å². The van der Waals surface area contributed by atoms with Crippen LogP contribution in [0.2, 0.25) is 0 Å². The van der Waals surface area contributed by atoms with Crippen LogP contribution in [-0.4, -0.2) is 6.10 Å². The highest BCUT2D eigenvalue weighted by atomic mass is 16.5. The Bertz CT molecular complexity index is 315. The Labute approximate surface area is 98.8 Å². The topological polar surface area (TPSA) is 9.23 Å². The fourth-order valence-electron chi connectivity index (χ4n) is 2.38. The summed E-state index contributed by atoms with van der Waals surface area (Å²) in [4.78, 5) is 0. The second-order valence-corrected chi connectivity index (χ2v) is 5.17. The molecule has 16 heavy (non-hydrogen) atoms. The van der Waals surface area contributed by atoms with Crippen LogP contribution in [0.1, 0.15) is 44.6 Å². The van der Waals surface area contributed by atoms with Gasteiger partial charge in [0.1, 0.15) is 5.75 Å². The third-order valence-corrected chi connectivity index (χ3v) is 3.53. The highest BCUT2D eigenvalue weighted by Crippen LogP contribution is 2.26. The molecule has 0 N–H and O–H groups in total. The summed E-state index contributed by atoms with van der Waals surface area (Å²) in [5.41, 5.74) is 1.29. The molecule has 1 aromatic rings. The standard InChI is InChI=1S/C15H22O/c1-12-4-3-5-14(9-6-12)16-15-10-7-13(2)8-11-15/h7-8,10-12,14H,3-6,9H2,1-2H3. The van der Waals surface area contributed by atoms with Crippen LogP contribution >= 0.6 is 0 Å². The highest BCUT2D eigenvalue weighted by Gasteiger charge is 2.17. The molecule has 0 radical (unpaired) electrons. The summed E-state index contributed by atoms with van der Waals surface area (Å²) in [7, 11) is 0. The van der Waals surface area contributed by atoms with Gasteiger partial charge in [0.2, 0.25) is 0 Å². The van der Waals surface area contributed by atoms with E-state index >= 15 is 0 Å². The van der Waals surface area contributed by atoms with Crippen molar-refractivity contribution in [3.63, 3.8) is 0 Å². The van der Waals surface area contributed by atoms with E-state index in [1.165, 1.54) is 37.7 Å². The van der Waals surface area contributed by atoms with E-state index in [9.17, 15) is 0 Å². The molecular weight excluding hydrogens is 196 g/mol. The largest absolute Gasteiger partial charge is 0.490 e. The first-order chi connectivity index (χ1) is 7.74. The van der Waals surface area contributed by atoms with Crippen molar-refractivity contribution in [1.82, 2.24) is 0 Å². The van der Waals surface area contributed by atoms with Crippen LogP contribution < -0.4 is 4.74 Å². The molecule has 1 aliphatic rings. The van der Waals surface area contributed by atoms with Crippen LogP contribution in [0.5, 0.6) is 5.75 Å². The zero-order chi connectivity index (χ0) is 11.4. The summed E-state index contributed by atoms with van der Waals surface area (Å²) in [5, 5.41) is 0. The molecule has 2 unspecified atom stereocenters. The Balaban J connectivity index is 1.91. The van der Waals surface area contributed by atoms with E-state index in [4.69, 9.17) is 4.74 Å². The Kier molecular flexibility index (Phi) is 3.87. The molecule has 0 aliphatic heterocycles. The normalized spacial score (nSPS) is 26.1. The van der Waals surface area contributed by atoms with Gasteiger partial charge in [-0.2, -0.15) is 0 Å². The lowest BCUT2D eigenvalue weighted by molar-refractivity contribution is 0.182. The third-order valence-electron chi connectivity index (χ3n) is 3.53. The van der Waals surface area contributed by atoms with Gasteiger partial charge in [-0.05, 0) is 50.7 Å². The lowest BCUT2D eigenvalue weighted by atomic mass is 10.0. The molecule has 0 spiro atoms. The minimum absolute atomic E-state index is 0.438. The zero-order valence-corrected chi connectivity index (χ0v) is 10.4. The van der Waals surface area contributed by atoms with Gasteiger partial charge in [0.15, 0.2) is 0 Å². The molecule has 1 aliphatic carbocycles. The van der Waals surface area contributed by atoms with E-state index in [1.807, 2.05) is 0 Å². The highest BCUT2D eigenvalue weighted by molar-refractivity contribution is 5.26. The fourth-order valence-corrected chi connectivity index (χ4v) is 2.38. The van der Waals surface area contributed by atoms with Crippen LogP contribution in [0.25, 0.3) is 0 Å². The van der Waals surface area contributed by atoms with Crippen molar-refractivity contribution in [1.29, 1.82) is 0 Å². The maximum atomic E-state index is 6.04.